The van der Waals surface area contributed by atoms with E-state index < -0.39 is 56.1 Å². The van der Waals surface area contributed by atoms with Crippen molar-refractivity contribution in [1.29, 1.82) is 0 Å². The molecule has 3 rings (SSSR count). The molecule has 1 aliphatic rings. The van der Waals surface area contributed by atoms with Crippen molar-refractivity contribution < 1.29 is 45.3 Å². The number of nitrogens with two attached hydrogens (primary N) is 1. The number of anilines is 1. The van der Waals surface area contributed by atoms with Crippen molar-refractivity contribution in [2.75, 3.05) is 18.9 Å². The number of hydrogen-bond donors (Lipinski definition) is 8. The van der Waals surface area contributed by atoms with Crippen molar-refractivity contribution in [3.8, 4) is 0 Å². The van der Waals surface area contributed by atoms with Gasteiger partial charge in [0.05, 0.1) is 19.5 Å². The summed E-state index contributed by atoms with van der Waals surface area (Å²) in [6.45, 7) is -1.08. The molecule has 0 aromatic carbocycles. The fourth-order valence-electron chi connectivity index (χ4n) is 2.58. The van der Waals surface area contributed by atoms with Gasteiger partial charge in [-0.2, -0.15) is 0 Å². The summed E-state index contributed by atoms with van der Waals surface area (Å²) in [5, 5.41) is 62.8. The predicted molar refractivity (Wildman–Crippen MR) is 93.9 cm³/mol. The quantitative estimate of drug-likeness (QED) is 0.206. The van der Waals surface area contributed by atoms with E-state index in [0.717, 1.165) is 0 Å². The first kappa shape index (κ1) is 23.0. The second-order valence-electron chi connectivity index (χ2n) is 6.18. The van der Waals surface area contributed by atoms with Crippen LogP contribution < -0.4 is 5.73 Å². The zero-order valence-corrected chi connectivity index (χ0v) is 15.0. The molecule has 3 heterocycles. The zero-order chi connectivity index (χ0) is 21.7. The van der Waals surface area contributed by atoms with E-state index in [1.165, 1.54) is 17.2 Å². The minimum absolute atomic E-state index is 0.0869. The van der Waals surface area contributed by atoms with Crippen LogP contribution >= 0.6 is 0 Å². The van der Waals surface area contributed by atoms with E-state index in [1.807, 2.05) is 0 Å². The Morgan fingerprint density at radius 2 is 1.86 bits per heavy atom. The van der Waals surface area contributed by atoms with Crippen LogP contribution in [0, 0.1) is 0 Å². The highest BCUT2D eigenvalue weighted by Gasteiger charge is 2.43. The normalized spacial score (nSPS) is 27.1. The van der Waals surface area contributed by atoms with E-state index in [2.05, 4.69) is 15.0 Å². The lowest BCUT2D eigenvalue weighted by molar-refractivity contribution is -0.127. The third-order valence-electron chi connectivity index (χ3n) is 4.25. The van der Waals surface area contributed by atoms with Crippen LogP contribution in [0.25, 0.3) is 11.2 Å². The van der Waals surface area contributed by atoms with Crippen molar-refractivity contribution in [1.82, 2.24) is 19.5 Å². The van der Waals surface area contributed by atoms with Gasteiger partial charge < -0.3 is 51.0 Å². The summed E-state index contributed by atoms with van der Waals surface area (Å²) >= 11 is 0. The van der Waals surface area contributed by atoms with Gasteiger partial charge in [-0.25, -0.2) is 15.0 Å². The maximum Gasteiger partial charge on any atom is 0.167 e. The van der Waals surface area contributed by atoms with Crippen molar-refractivity contribution in [3.05, 3.63) is 12.7 Å². The van der Waals surface area contributed by atoms with Gasteiger partial charge in [0, 0.05) is 0 Å². The Morgan fingerprint density at radius 3 is 2.41 bits per heavy atom. The summed E-state index contributed by atoms with van der Waals surface area (Å²) in [6.07, 6.45) is -6.05. The number of carbonyl (C=O) groups excluding carboxylic acids is 1. The number of ether oxygens (including phenoxy) is 1. The molecule has 1 saturated heterocycles. The number of aldehydes is 1. The average Bonchev–Trinajstić information content (AvgIpc) is 3.28. The molecule has 0 aliphatic carbocycles. The first-order valence-corrected chi connectivity index (χ1v) is 8.42. The lowest BCUT2D eigenvalue weighted by atomic mass is 10.1. The first-order valence-electron chi connectivity index (χ1n) is 8.42. The van der Waals surface area contributed by atoms with Gasteiger partial charge in [-0.05, 0) is 0 Å². The smallest absolute Gasteiger partial charge is 0.167 e. The number of rotatable bonds is 6. The van der Waals surface area contributed by atoms with Crippen LogP contribution in [0.2, 0.25) is 0 Å². The summed E-state index contributed by atoms with van der Waals surface area (Å²) in [5.74, 6) is 0.218. The summed E-state index contributed by atoms with van der Waals surface area (Å²) in [7, 11) is 0. The summed E-state index contributed by atoms with van der Waals surface area (Å²) in [5.41, 5.74) is 6.44. The molecule has 1 aliphatic heterocycles. The lowest BCUT2D eigenvalue weighted by Crippen LogP contribution is -2.40. The predicted octanol–water partition coefficient (Wildman–Crippen LogP) is -4.72. The number of fused-ring (bicyclic) bond motifs is 1. The maximum atomic E-state index is 9.95. The first-order chi connectivity index (χ1) is 13.8. The van der Waals surface area contributed by atoms with Crippen LogP contribution in [-0.4, -0.2) is 111 Å². The molecule has 2 aromatic heterocycles. The molecule has 7 atom stereocenters. The monoisotopic (exact) mass is 417 g/mol. The van der Waals surface area contributed by atoms with Crippen LogP contribution in [0.15, 0.2) is 12.7 Å². The van der Waals surface area contributed by atoms with Crippen molar-refractivity contribution in [2.45, 2.75) is 42.9 Å². The fraction of sp³-hybridized carbons (Fsp3) is 0.600. The number of aliphatic hydroxyl groups is 7. The molecule has 14 nitrogen and oxygen atoms in total. The second-order valence-corrected chi connectivity index (χ2v) is 6.18. The third-order valence-corrected chi connectivity index (χ3v) is 4.25. The molecule has 29 heavy (non-hydrogen) atoms. The molecule has 14 heteroatoms. The van der Waals surface area contributed by atoms with Gasteiger partial charge in [0.15, 0.2) is 24.0 Å². The summed E-state index contributed by atoms with van der Waals surface area (Å²) in [4.78, 5) is 21.7. The topological polar surface area (TPSA) is 238 Å². The highest BCUT2D eigenvalue weighted by molar-refractivity contribution is 5.81. The lowest BCUT2D eigenvalue weighted by Gasteiger charge is -2.16. The van der Waals surface area contributed by atoms with E-state index in [-0.39, 0.29) is 12.1 Å². The van der Waals surface area contributed by atoms with Gasteiger partial charge in [-0.1, -0.05) is 0 Å². The van der Waals surface area contributed by atoms with Crippen molar-refractivity contribution in [3.63, 3.8) is 0 Å². The Hall–Kier alpha value is -2.30. The minimum atomic E-state index is -1.64. The molecule has 0 amide bonds. The maximum absolute atomic E-state index is 9.95. The number of hydrogen-bond acceptors (Lipinski definition) is 13. The van der Waals surface area contributed by atoms with Gasteiger partial charge in [0.2, 0.25) is 0 Å². The van der Waals surface area contributed by atoms with Crippen LogP contribution in [0.3, 0.4) is 0 Å². The Balaban J connectivity index is 0.000000257. The van der Waals surface area contributed by atoms with E-state index in [0.29, 0.717) is 11.2 Å². The van der Waals surface area contributed by atoms with E-state index >= 15 is 0 Å². The molecule has 0 spiro atoms. The number of nitrogen functional groups attached to an aromatic ring is 1. The molecule has 3 unspecified atom stereocenters. The molecule has 0 bridgehead atoms. The third kappa shape index (κ3) is 4.82. The number of imidazole rings is 1. The van der Waals surface area contributed by atoms with E-state index in [1.54, 1.807) is 0 Å². The van der Waals surface area contributed by atoms with Gasteiger partial charge in [-0.15, -0.1) is 0 Å². The molecule has 9 N–H and O–H groups in total. The van der Waals surface area contributed by atoms with Crippen molar-refractivity contribution >= 4 is 23.3 Å². The number of aliphatic hydroxyl groups excluding tert-OH is 7. The average molecular weight is 417 g/mol. The van der Waals surface area contributed by atoms with Gasteiger partial charge in [0.1, 0.15) is 48.5 Å². The Morgan fingerprint density at radius 1 is 1.17 bits per heavy atom. The largest absolute Gasteiger partial charge is 0.394 e. The van der Waals surface area contributed by atoms with Crippen LogP contribution in [-0.2, 0) is 9.53 Å². The Kier molecular flexibility index (Phi) is 7.88. The second kappa shape index (κ2) is 9.95. The highest BCUT2D eigenvalue weighted by Crippen LogP contribution is 2.31. The highest BCUT2D eigenvalue weighted by atomic mass is 16.6. The summed E-state index contributed by atoms with van der Waals surface area (Å²) < 4.78 is 6.85. The fourth-order valence-corrected chi connectivity index (χ4v) is 2.58. The molecule has 1 fully saturated rings. The molecule has 0 saturated carbocycles. The summed E-state index contributed by atoms with van der Waals surface area (Å²) in [6, 6.07) is 0. The van der Waals surface area contributed by atoms with Crippen LogP contribution in [0.1, 0.15) is 6.23 Å². The van der Waals surface area contributed by atoms with Crippen LogP contribution in [0.4, 0.5) is 5.82 Å². The molecule has 162 valence electrons. The molecule has 2 aromatic rings. The van der Waals surface area contributed by atoms with Crippen molar-refractivity contribution in [2.24, 2.45) is 0 Å². The molecular formula is C15H23N5O9. The standard InChI is InChI=1S/C10H13N5O4.C5H10O5/c11-8-5-9(13-2-12-8)15(3-14-5)10-7(18)6(17)4(1-16)19-10;6-1-3(8)5(10)4(9)2-7/h2-4,6-7,10,16-18H,1H2,(H2,11,12,13);1,3-5,7-10H,2H2/t4-,6-,7-,10-;/m1./s1. The molecular weight excluding hydrogens is 394 g/mol. The van der Waals surface area contributed by atoms with E-state index in [9.17, 15) is 15.0 Å². The minimum Gasteiger partial charge on any atom is -0.394 e. The van der Waals surface area contributed by atoms with E-state index in [4.69, 9.17) is 36.0 Å². The Labute approximate surface area is 163 Å². The molecule has 0 radical (unpaired) electrons. The van der Waals surface area contributed by atoms with Crippen LogP contribution in [0.5, 0.6) is 0 Å². The Bertz CT molecular complexity index is 806. The number of nitrogens with zero attached hydrogens (tertiary/aromatic N) is 4. The SMILES string of the molecule is Nc1ncnc2c1ncn2[C@@H]1O[C@H](CO)[C@@H](O)[C@H]1O.O=CC(O)C(O)C(O)CO. The number of carbonyl (C=O) groups is 1. The van der Waals surface area contributed by atoms with Gasteiger partial charge in [-0.3, -0.25) is 4.57 Å². The van der Waals surface area contributed by atoms with Gasteiger partial charge >= 0.3 is 0 Å². The van der Waals surface area contributed by atoms with Gasteiger partial charge in [0.25, 0.3) is 0 Å². The zero-order valence-electron chi connectivity index (χ0n) is 15.0. The number of aromatic nitrogens is 4.